The summed E-state index contributed by atoms with van der Waals surface area (Å²) in [7, 11) is 0. The van der Waals surface area contributed by atoms with Crippen molar-refractivity contribution >= 4 is 17.5 Å². The van der Waals surface area contributed by atoms with Gasteiger partial charge in [-0.2, -0.15) is 0 Å². The lowest BCUT2D eigenvalue weighted by atomic mass is 10.1. The lowest BCUT2D eigenvalue weighted by Gasteiger charge is -2.14. The maximum atomic E-state index is 11.6. The number of nitrogens with one attached hydrogen (secondary N) is 1. The summed E-state index contributed by atoms with van der Waals surface area (Å²) < 4.78 is 5.53. The standard InChI is InChI=1S/C15H22ClNO2/c1-3-13(4-2)17-15(18)6-5-11-19-14-9-7-12(16)8-10-14/h7-10,13H,3-6,11H2,1-2H3,(H,17,18). The first-order chi connectivity index (χ1) is 9.15. The molecule has 1 N–H and O–H groups in total. The number of amides is 1. The number of halogens is 1. The number of carbonyl (C=O) groups excluding carboxylic acids is 1. The molecule has 1 amide bonds. The van der Waals surface area contributed by atoms with E-state index in [1.165, 1.54) is 0 Å². The Morgan fingerprint density at radius 3 is 2.47 bits per heavy atom. The highest BCUT2D eigenvalue weighted by Gasteiger charge is 2.07. The summed E-state index contributed by atoms with van der Waals surface area (Å²) in [6.07, 6.45) is 3.17. The summed E-state index contributed by atoms with van der Waals surface area (Å²) in [6.45, 7) is 4.70. The average Bonchev–Trinajstić information content (AvgIpc) is 2.43. The number of rotatable bonds is 8. The molecular formula is C15H22ClNO2. The van der Waals surface area contributed by atoms with Crippen LogP contribution < -0.4 is 10.1 Å². The van der Waals surface area contributed by atoms with E-state index in [0.717, 1.165) is 18.6 Å². The zero-order chi connectivity index (χ0) is 14.1. The molecule has 0 heterocycles. The van der Waals surface area contributed by atoms with Crippen LogP contribution in [0, 0.1) is 0 Å². The Hall–Kier alpha value is -1.22. The molecule has 0 aromatic heterocycles. The van der Waals surface area contributed by atoms with E-state index in [9.17, 15) is 4.79 Å². The molecule has 1 aromatic carbocycles. The van der Waals surface area contributed by atoms with Crippen LogP contribution in [0.15, 0.2) is 24.3 Å². The largest absolute Gasteiger partial charge is 0.494 e. The van der Waals surface area contributed by atoms with Crippen molar-refractivity contribution < 1.29 is 9.53 Å². The molecule has 1 rings (SSSR count). The van der Waals surface area contributed by atoms with Crippen LogP contribution in [0.4, 0.5) is 0 Å². The van der Waals surface area contributed by atoms with Gasteiger partial charge in [-0.3, -0.25) is 4.79 Å². The minimum atomic E-state index is 0.105. The van der Waals surface area contributed by atoms with Crippen LogP contribution in [-0.2, 0) is 4.79 Å². The van der Waals surface area contributed by atoms with Crippen LogP contribution in [0.5, 0.6) is 5.75 Å². The molecule has 0 saturated carbocycles. The Balaban J connectivity index is 2.16. The predicted octanol–water partition coefficient (Wildman–Crippen LogP) is 3.80. The molecule has 3 nitrogen and oxygen atoms in total. The Labute approximate surface area is 120 Å². The van der Waals surface area contributed by atoms with Crippen molar-refractivity contribution in [2.75, 3.05) is 6.61 Å². The van der Waals surface area contributed by atoms with Gasteiger partial charge in [-0.05, 0) is 43.5 Å². The summed E-state index contributed by atoms with van der Waals surface area (Å²) in [6, 6.07) is 7.52. The van der Waals surface area contributed by atoms with E-state index in [0.29, 0.717) is 30.5 Å². The molecule has 106 valence electrons. The number of hydrogen-bond acceptors (Lipinski definition) is 2. The fourth-order valence-corrected chi connectivity index (χ4v) is 1.87. The first kappa shape index (κ1) is 15.8. The van der Waals surface area contributed by atoms with Gasteiger partial charge >= 0.3 is 0 Å². The molecule has 19 heavy (non-hydrogen) atoms. The number of carbonyl (C=O) groups is 1. The van der Waals surface area contributed by atoms with Crippen LogP contribution in [0.3, 0.4) is 0 Å². The number of ether oxygens (including phenoxy) is 1. The monoisotopic (exact) mass is 283 g/mol. The van der Waals surface area contributed by atoms with Gasteiger partial charge < -0.3 is 10.1 Å². The predicted molar refractivity (Wildman–Crippen MR) is 78.7 cm³/mol. The topological polar surface area (TPSA) is 38.3 Å². The first-order valence-electron chi connectivity index (χ1n) is 6.83. The lowest BCUT2D eigenvalue weighted by molar-refractivity contribution is -0.122. The van der Waals surface area contributed by atoms with Gasteiger partial charge in [-0.25, -0.2) is 0 Å². The van der Waals surface area contributed by atoms with Crippen molar-refractivity contribution in [1.29, 1.82) is 0 Å². The third kappa shape index (κ3) is 6.48. The second kappa shape index (κ2) is 8.81. The van der Waals surface area contributed by atoms with E-state index < -0.39 is 0 Å². The molecule has 0 unspecified atom stereocenters. The molecule has 4 heteroatoms. The first-order valence-corrected chi connectivity index (χ1v) is 7.21. The maximum absolute atomic E-state index is 11.6. The van der Waals surface area contributed by atoms with Gasteiger partial charge in [0.15, 0.2) is 0 Å². The summed E-state index contributed by atoms with van der Waals surface area (Å²) in [5.41, 5.74) is 0. The van der Waals surface area contributed by atoms with E-state index >= 15 is 0 Å². The molecule has 0 radical (unpaired) electrons. The van der Waals surface area contributed by atoms with Crippen molar-refractivity contribution in [2.24, 2.45) is 0 Å². The Morgan fingerprint density at radius 2 is 1.89 bits per heavy atom. The van der Waals surface area contributed by atoms with Gasteiger partial charge in [-0.1, -0.05) is 25.4 Å². The zero-order valence-corrected chi connectivity index (χ0v) is 12.4. The average molecular weight is 284 g/mol. The zero-order valence-electron chi connectivity index (χ0n) is 11.6. The second-order valence-electron chi connectivity index (χ2n) is 4.49. The van der Waals surface area contributed by atoms with Crippen LogP contribution in [-0.4, -0.2) is 18.6 Å². The van der Waals surface area contributed by atoms with Gasteiger partial charge in [-0.15, -0.1) is 0 Å². The molecule has 1 aromatic rings. The third-order valence-corrected chi connectivity index (χ3v) is 3.23. The molecule has 0 bridgehead atoms. The van der Waals surface area contributed by atoms with Gasteiger partial charge in [0.05, 0.1) is 6.61 Å². The quantitative estimate of drug-likeness (QED) is 0.737. The highest BCUT2D eigenvalue weighted by Crippen LogP contribution is 2.15. The van der Waals surface area contributed by atoms with E-state index in [2.05, 4.69) is 19.2 Å². The smallest absolute Gasteiger partial charge is 0.220 e. The normalized spacial score (nSPS) is 10.5. The molecule has 0 saturated heterocycles. The van der Waals surface area contributed by atoms with E-state index in [4.69, 9.17) is 16.3 Å². The molecule has 0 atom stereocenters. The van der Waals surface area contributed by atoms with Crippen LogP contribution in [0.2, 0.25) is 5.02 Å². The maximum Gasteiger partial charge on any atom is 0.220 e. The molecule has 0 fully saturated rings. The molecule has 0 spiro atoms. The minimum absolute atomic E-state index is 0.105. The van der Waals surface area contributed by atoms with Crippen molar-refractivity contribution in [3.63, 3.8) is 0 Å². The van der Waals surface area contributed by atoms with E-state index in [1.54, 1.807) is 12.1 Å². The second-order valence-corrected chi connectivity index (χ2v) is 4.92. The Bertz CT molecular complexity index is 374. The molecule has 0 aliphatic heterocycles. The fraction of sp³-hybridized carbons (Fsp3) is 0.533. The van der Waals surface area contributed by atoms with Crippen molar-refractivity contribution in [1.82, 2.24) is 5.32 Å². The molecular weight excluding hydrogens is 262 g/mol. The lowest BCUT2D eigenvalue weighted by Crippen LogP contribution is -2.33. The summed E-state index contributed by atoms with van der Waals surface area (Å²) in [5.74, 6) is 0.887. The van der Waals surface area contributed by atoms with Gasteiger partial charge in [0.25, 0.3) is 0 Å². The fourth-order valence-electron chi connectivity index (χ4n) is 1.75. The summed E-state index contributed by atoms with van der Waals surface area (Å²) in [4.78, 5) is 11.6. The SMILES string of the molecule is CCC(CC)NC(=O)CCCOc1ccc(Cl)cc1. The Morgan fingerprint density at radius 1 is 1.26 bits per heavy atom. The number of hydrogen-bond donors (Lipinski definition) is 1. The minimum Gasteiger partial charge on any atom is -0.494 e. The highest BCUT2D eigenvalue weighted by molar-refractivity contribution is 6.30. The summed E-state index contributed by atoms with van der Waals surface area (Å²) in [5, 5.41) is 3.70. The van der Waals surface area contributed by atoms with Crippen LogP contribution in [0.1, 0.15) is 39.5 Å². The van der Waals surface area contributed by atoms with Crippen molar-refractivity contribution in [2.45, 2.75) is 45.6 Å². The van der Waals surface area contributed by atoms with Gasteiger partial charge in [0.2, 0.25) is 5.91 Å². The molecule has 0 aliphatic carbocycles. The Kier molecular flexibility index (Phi) is 7.34. The third-order valence-electron chi connectivity index (χ3n) is 2.98. The van der Waals surface area contributed by atoms with Crippen LogP contribution >= 0.6 is 11.6 Å². The van der Waals surface area contributed by atoms with Gasteiger partial charge in [0.1, 0.15) is 5.75 Å². The van der Waals surface area contributed by atoms with Crippen molar-refractivity contribution in [3.05, 3.63) is 29.3 Å². The van der Waals surface area contributed by atoms with Crippen LogP contribution in [0.25, 0.3) is 0 Å². The summed E-state index contributed by atoms with van der Waals surface area (Å²) >= 11 is 5.78. The van der Waals surface area contributed by atoms with Gasteiger partial charge in [0, 0.05) is 17.5 Å². The van der Waals surface area contributed by atoms with E-state index in [-0.39, 0.29) is 5.91 Å². The highest BCUT2D eigenvalue weighted by atomic mass is 35.5. The molecule has 0 aliphatic rings. The van der Waals surface area contributed by atoms with E-state index in [1.807, 2.05) is 12.1 Å². The van der Waals surface area contributed by atoms with Crippen molar-refractivity contribution in [3.8, 4) is 5.75 Å². The number of benzene rings is 1.